The number of aliphatic carboxylic acids is 1. The van der Waals surface area contributed by atoms with Crippen molar-refractivity contribution in [3.63, 3.8) is 0 Å². The molecule has 0 aromatic carbocycles. The fraction of sp³-hybridized carbons (Fsp3) is 0.571. The zero-order chi connectivity index (χ0) is 10.8. The largest absolute Gasteiger partial charge is 0.480 e. The van der Waals surface area contributed by atoms with Gasteiger partial charge in [0.25, 0.3) is 0 Å². The van der Waals surface area contributed by atoms with Gasteiger partial charge >= 0.3 is 12.0 Å². The number of halogens is 1. The molecule has 1 rings (SSSR count). The van der Waals surface area contributed by atoms with Gasteiger partial charge in [-0.05, 0) is 0 Å². The second-order valence-corrected chi connectivity index (χ2v) is 3.11. The SMILES string of the molecule is COC1=NC(C(=O)O)C(Cl)(OC)C=N1. The molecule has 1 N–H and O–H groups in total. The van der Waals surface area contributed by atoms with E-state index in [1.807, 2.05) is 0 Å². The molecule has 0 fully saturated rings. The van der Waals surface area contributed by atoms with Crippen LogP contribution in [-0.4, -0.2) is 48.6 Å². The van der Waals surface area contributed by atoms with E-state index in [1.54, 1.807) is 0 Å². The summed E-state index contributed by atoms with van der Waals surface area (Å²) in [4.78, 5) is 18.2. The third kappa shape index (κ3) is 1.85. The van der Waals surface area contributed by atoms with Crippen molar-refractivity contribution in [1.82, 2.24) is 0 Å². The normalized spacial score (nSPS) is 31.1. The first kappa shape index (κ1) is 10.9. The van der Waals surface area contributed by atoms with Crippen molar-refractivity contribution in [2.45, 2.75) is 11.1 Å². The molecule has 0 aromatic heterocycles. The van der Waals surface area contributed by atoms with Crippen LogP contribution in [0.2, 0.25) is 0 Å². The smallest absolute Gasteiger partial charge is 0.333 e. The second kappa shape index (κ2) is 3.93. The van der Waals surface area contributed by atoms with Crippen molar-refractivity contribution < 1.29 is 19.4 Å². The van der Waals surface area contributed by atoms with Gasteiger partial charge in [-0.15, -0.1) is 0 Å². The van der Waals surface area contributed by atoms with Gasteiger partial charge in [0.1, 0.15) is 0 Å². The van der Waals surface area contributed by atoms with Crippen LogP contribution in [0.15, 0.2) is 9.98 Å². The summed E-state index contributed by atoms with van der Waals surface area (Å²) in [6, 6.07) is -1.30. The summed E-state index contributed by atoms with van der Waals surface area (Å²) in [5.74, 6) is -1.21. The quantitative estimate of drug-likeness (QED) is 0.670. The second-order valence-electron chi connectivity index (χ2n) is 2.52. The fourth-order valence-corrected chi connectivity index (χ4v) is 1.13. The molecule has 1 heterocycles. The van der Waals surface area contributed by atoms with Crippen molar-refractivity contribution in [1.29, 1.82) is 0 Å². The highest BCUT2D eigenvalue weighted by atomic mass is 35.5. The molecule has 0 aromatic rings. The lowest BCUT2D eigenvalue weighted by molar-refractivity contribution is -0.141. The molecule has 14 heavy (non-hydrogen) atoms. The van der Waals surface area contributed by atoms with Crippen molar-refractivity contribution in [2.24, 2.45) is 9.98 Å². The third-order valence-electron chi connectivity index (χ3n) is 1.69. The van der Waals surface area contributed by atoms with E-state index in [1.165, 1.54) is 14.2 Å². The van der Waals surface area contributed by atoms with E-state index in [-0.39, 0.29) is 6.02 Å². The Bertz CT molecular complexity index is 304. The zero-order valence-corrected chi connectivity index (χ0v) is 8.35. The minimum absolute atomic E-state index is 0.0364. The molecule has 1 aliphatic rings. The minimum Gasteiger partial charge on any atom is -0.480 e. The van der Waals surface area contributed by atoms with Crippen LogP contribution in [0, 0.1) is 0 Å². The Labute approximate surface area is 85.2 Å². The highest BCUT2D eigenvalue weighted by Crippen LogP contribution is 2.25. The zero-order valence-electron chi connectivity index (χ0n) is 7.60. The standard InChI is InChI=1S/C7H9ClN2O4/c1-13-6-9-3-7(8,14-2)4(10-6)5(11)12/h3-4H,1-2H3,(H,11,12). The number of methoxy groups -OCH3 is 2. The van der Waals surface area contributed by atoms with Crippen molar-refractivity contribution in [3.05, 3.63) is 0 Å². The third-order valence-corrected chi connectivity index (χ3v) is 2.15. The van der Waals surface area contributed by atoms with Crippen LogP contribution in [-0.2, 0) is 14.3 Å². The molecule has 6 nitrogen and oxygen atoms in total. The number of alkyl halides is 1. The van der Waals surface area contributed by atoms with Crippen LogP contribution in [0.3, 0.4) is 0 Å². The van der Waals surface area contributed by atoms with Gasteiger partial charge in [-0.25, -0.2) is 14.8 Å². The predicted molar refractivity (Wildman–Crippen MR) is 50.0 cm³/mol. The van der Waals surface area contributed by atoms with E-state index in [9.17, 15) is 4.79 Å². The molecule has 0 aliphatic carbocycles. The van der Waals surface area contributed by atoms with Gasteiger partial charge in [0, 0.05) is 7.11 Å². The Morgan fingerprint density at radius 3 is 2.79 bits per heavy atom. The summed E-state index contributed by atoms with van der Waals surface area (Å²) >= 11 is 5.83. The van der Waals surface area contributed by atoms with Gasteiger partial charge in [0.15, 0.2) is 0 Å². The van der Waals surface area contributed by atoms with Gasteiger partial charge in [0.2, 0.25) is 11.1 Å². The van der Waals surface area contributed by atoms with Crippen molar-refractivity contribution in [2.75, 3.05) is 14.2 Å². The maximum Gasteiger partial charge on any atom is 0.333 e. The Balaban J connectivity index is 3.00. The first-order valence-electron chi connectivity index (χ1n) is 3.67. The predicted octanol–water partition coefficient (Wildman–Crippen LogP) is 0.108. The van der Waals surface area contributed by atoms with Crippen LogP contribution in [0.4, 0.5) is 0 Å². The molecule has 78 valence electrons. The number of hydrogen-bond donors (Lipinski definition) is 1. The summed E-state index contributed by atoms with van der Waals surface area (Å²) in [6.07, 6.45) is 1.15. The average Bonchev–Trinajstić information content (AvgIpc) is 2.18. The van der Waals surface area contributed by atoms with E-state index >= 15 is 0 Å². The average molecular weight is 221 g/mol. The van der Waals surface area contributed by atoms with Crippen LogP contribution in [0.25, 0.3) is 0 Å². The first-order valence-corrected chi connectivity index (χ1v) is 4.05. The van der Waals surface area contributed by atoms with Crippen LogP contribution in [0.1, 0.15) is 0 Å². The Morgan fingerprint density at radius 1 is 1.71 bits per heavy atom. The van der Waals surface area contributed by atoms with Gasteiger partial charge < -0.3 is 14.6 Å². The van der Waals surface area contributed by atoms with Gasteiger partial charge in [-0.3, -0.25) is 0 Å². The molecule has 0 amide bonds. The number of carbonyl (C=O) groups is 1. The van der Waals surface area contributed by atoms with E-state index < -0.39 is 17.1 Å². The van der Waals surface area contributed by atoms with Gasteiger partial charge in [0.05, 0.1) is 13.3 Å². The van der Waals surface area contributed by atoms with E-state index in [0.29, 0.717) is 0 Å². The van der Waals surface area contributed by atoms with Crippen LogP contribution in [0.5, 0.6) is 0 Å². The van der Waals surface area contributed by atoms with Gasteiger partial charge in [-0.1, -0.05) is 11.6 Å². The minimum atomic E-state index is -1.55. The van der Waals surface area contributed by atoms with E-state index in [2.05, 4.69) is 14.7 Å². The number of carboxylic acids is 1. The molecule has 0 radical (unpaired) electrons. The summed E-state index contributed by atoms with van der Waals surface area (Å²) in [5, 5.41) is 7.28. The number of nitrogens with zero attached hydrogens (tertiary/aromatic N) is 2. The lowest BCUT2D eigenvalue weighted by Crippen LogP contribution is -2.47. The van der Waals surface area contributed by atoms with E-state index in [0.717, 1.165) is 6.21 Å². The summed E-state index contributed by atoms with van der Waals surface area (Å²) < 4.78 is 9.50. The molecular weight excluding hydrogens is 212 g/mol. The molecule has 1 aliphatic heterocycles. The molecular formula is C7H9ClN2O4. The summed E-state index contributed by atoms with van der Waals surface area (Å²) in [6.45, 7) is 0. The number of rotatable bonds is 2. The monoisotopic (exact) mass is 220 g/mol. The molecule has 7 heteroatoms. The molecule has 0 saturated heterocycles. The maximum absolute atomic E-state index is 10.8. The van der Waals surface area contributed by atoms with Crippen LogP contribution >= 0.6 is 11.6 Å². The number of amidine groups is 1. The fourth-order valence-electron chi connectivity index (χ4n) is 0.939. The lowest BCUT2D eigenvalue weighted by atomic mass is 10.1. The van der Waals surface area contributed by atoms with E-state index in [4.69, 9.17) is 21.4 Å². The van der Waals surface area contributed by atoms with Gasteiger partial charge in [-0.2, -0.15) is 0 Å². The van der Waals surface area contributed by atoms with Crippen molar-refractivity contribution in [3.8, 4) is 0 Å². The Kier molecular flexibility index (Phi) is 3.07. The molecule has 2 unspecified atom stereocenters. The number of ether oxygens (including phenoxy) is 2. The molecule has 0 spiro atoms. The lowest BCUT2D eigenvalue weighted by Gasteiger charge is -2.27. The highest BCUT2D eigenvalue weighted by Gasteiger charge is 2.44. The maximum atomic E-state index is 10.8. The molecule has 0 saturated carbocycles. The molecule has 0 bridgehead atoms. The summed E-state index contributed by atoms with van der Waals surface area (Å²) in [7, 11) is 2.62. The Morgan fingerprint density at radius 2 is 2.36 bits per heavy atom. The summed E-state index contributed by atoms with van der Waals surface area (Å²) in [5.41, 5.74) is 0. The number of carboxylic acid groups (broad SMARTS) is 1. The topological polar surface area (TPSA) is 80.5 Å². The van der Waals surface area contributed by atoms with Crippen molar-refractivity contribution >= 4 is 29.8 Å². The van der Waals surface area contributed by atoms with Crippen LogP contribution < -0.4 is 0 Å². The molecule has 2 atom stereocenters. The number of hydrogen-bond acceptors (Lipinski definition) is 5. The first-order chi connectivity index (χ1) is 6.53. The Hall–Kier alpha value is -1.14. The highest BCUT2D eigenvalue weighted by molar-refractivity contribution is 6.34. The number of aliphatic imine (C=N–C) groups is 2.